The standard InChI is InChI=1S/C20H18FN3O/c1-13-9-14(2)11-16(10-13)24-20(25)19-12-15(7-8-22-19)23-18-6-4-3-5-17(18)21/h3-12H,1-2H3,(H,22,23)(H,24,25). The van der Waals surface area contributed by atoms with Crippen molar-refractivity contribution in [3.63, 3.8) is 0 Å². The van der Waals surface area contributed by atoms with Crippen molar-refractivity contribution in [2.75, 3.05) is 10.6 Å². The minimum absolute atomic E-state index is 0.250. The highest BCUT2D eigenvalue weighted by molar-refractivity contribution is 6.03. The molecular weight excluding hydrogens is 317 g/mol. The van der Waals surface area contributed by atoms with Crippen molar-refractivity contribution < 1.29 is 9.18 Å². The lowest BCUT2D eigenvalue weighted by molar-refractivity contribution is 0.102. The Labute approximate surface area is 145 Å². The number of carbonyl (C=O) groups is 1. The molecule has 1 amide bonds. The number of nitrogens with one attached hydrogen (secondary N) is 2. The average molecular weight is 335 g/mol. The summed E-state index contributed by atoms with van der Waals surface area (Å²) < 4.78 is 13.7. The van der Waals surface area contributed by atoms with Crippen molar-refractivity contribution in [1.82, 2.24) is 4.98 Å². The average Bonchev–Trinajstić information content (AvgIpc) is 2.56. The molecule has 0 atom stereocenters. The van der Waals surface area contributed by atoms with Gasteiger partial charge >= 0.3 is 0 Å². The van der Waals surface area contributed by atoms with Gasteiger partial charge < -0.3 is 10.6 Å². The molecule has 0 fully saturated rings. The lowest BCUT2D eigenvalue weighted by atomic mass is 10.1. The van der Waals surface area contributed by atoms with Crippen LogP contribution in [0.15, 0.2) is 60.8 Å². The highest BCUT2D eigenvalue weighted by Gasteiger charge is 2.10. The number of aromatic nitrogens is 1. The molecule has 0 aliphatic heterocycles. The summed E-state index contributed by atoms with van der Waals surface area (Å²) in [4.78, 5) is 16.5. The second-order valence-electron chi connectivity index (χ2n) is 5.87. The predicted octanol–water partition coefficient (Wildman–Crippen LogP) is 4.83. The zero-order chi connectivity index (χ0) is 17.8. The molecule has 0 spiro atoms. The molecule has 25 heavy (non-hydrogen) atoms. The first-order valence-electron chi connectivity index (χ1n) is 7.88. The fourth-order valence-corrected chi connectivity index (χ4v) is 2.59. The molecule has 0 aliphatic rings. The quantitative estimate of drug-likeness (QED) is 0.718. The van der Waals surface area contributed by atoms with E-state index in [-0.39, 0.29) is 17.4 Å². The van der Waals surface area contributed by atoms with E-state index in [1.54, 1.807) is 30.3 Å². The summed E-state index contributed by atoms with van der Waals surface area (Å²) in [6.07, 6.45) is 1.51. The van der Waals surface area contributed by atoms with Crippen LogP contribution < -0.4 is 10.6 Å². The Morgan fingerprint density at radius 2 is 1.68 bits per heavy atom. The highest BCUT2D eigenvalue weighted by atomic mass is 19.1. The number of benzene rings is 2. The zero-order valence-corrected chi connectivity index (χ0v) is 14.0. The third-order valence-electron chi connectivity index (χ3n) is 3.62. The monoisotopic (exact) mass is 335 g/mol. The number of hydrogen-bond donors (Lipinski definition) is 2. The van der Waals surface area contributed by atoms with E-state index in [4.69, 9.17) is 0 Å². The summed E-state index contributed by atoms with van der Waals surface area (Å²) >= 11 is 0. The van der Waals surface area contributed by atoms with Gasteiger partial charge in [-0.2, -0.15) is 0 Å². The van der Waals surface area contributed by atoms with E-state index in [1.165, 1.54) is 12.3 Å². The van der Waals surface area contributed by atoms with Gasteiger partial charge in [0.05, 0.1) is 5.69 Å². The molecule has 0 unspecified atom stereocenters. The van der Waals surface area contributed by atoms with Gasteiger partial charge in [0.1, 0.15) is 11.5 Å². The third kappa shape index (κ3) is 4.20. The lowest BCUT2D eigenvalue weighted by Crippen LogP contribution is -2.14. The van der Waals surface area contributed by atoms with Crippen molar-refractivity contribution in [1.29, 1.82) is 0 Å². The molecule has 0 bridgehead atoms. The van der Waals surface area contributed by atoms with Crippen molar-refractivity contribution >= 4 is 23.0 Å². The maximum Gasteiger partial charge on any atom is 0.274 e. The van der Waals surface area contributed by atoms with Crippen LogP contribution in [0.5, 0.6) is 0 Å². The molecule has 1 heterocycles. The number of halogens is 1. The summed E-state index contributed by atoms with van der Waals surface area (Å²) in [7, 11) is 0. The summed E-state index contributed by atoms with van der Waals surface area (Å²) in [6.45, 7) is 3.94. The van der Waals surface area contributed by atoms with Crippen LogP contribution in [0.4, 0.5) is 21.5 Å². The lowest BCUT2D eigenvalue weighted by Gasteiger charge is -2.10. The Balaban J connectivity index is 1.78. The minimum atomic E-state index is -0.361. The van der Waals surface area contributed by atoms with Gasteiger partial charge in [0.2, 0.25) is 0 Å². The molecule has 3 aromatic rings. The predicted molar refractivity (Wildman–Crippen MR) is 97.8 cm³/mol. The maximum atomic E-state index is 13.7. The number of para-hydroxylation sites is 1. The van der Waals surface area contributed by atoms with E-state index < -0.39 is 0 Å². The topological polar surface area (TPSA) is 54.0 Å². The summed E-state index contributed by atoms with van der Waals surface area (Å²) in [5.74, 6) is -0.678. The summed E-state index contributed by atoms with van der Waals surface area (Å²) in [6, 6.07) is 15.5. The van der Waals surface area contributed by atoms with Gasteiger partial charge in [0, 0.05) is 17.6 Å². The molecule has 2 N–H and O–H groups in total. The summed E-state index contributed by atoms with van der Waals surface area (Å²) in [5, 5.41) is 5.79. The number of rotatable bonds is 4. The number of amides is 1. The third-order valence-corrected chi connectivity index (χ3v) is 3.62. The van der Waals surface area contributed by atoms with E-state index in [0.717, 1.165) is 16.8 Å². The zero-order valence-electron chi connectivity index (χ0n) is 14.0. The van der Waals surface area contributed by atoms with E-state index in [1.807, 2.05) is 32.0 Å². The van der Waals surface area contributed by atoms with Gasteiger partial charge in [-0.25, -0.2) is 4.39 Å². The molecule has 0 aliphatic carbocycles. The normalized spacial score (nSPS) is 10.4. The Morgan fingerprint density at radius 3 is 2.40 bits per heavy atom. The second-order valence-corrected chi connectivity index (χ2v) is 5.87. The molecule has 0 saturated heterocycles. The van der Waals surface area contributed by atoms with Gasteiger partial charge in [0.15, 0.2) is 0 Å². The molecule has 5 heteroatoms. The fraction of sp³-hybridized carbons (Fsp3) is 0.100. The van der Waals surface area contributed by atoms with Crippen molar-refractivity contribution in [3.8, 4) is 0 Å². The number of aryl methyl sites for hydroxylation is 2. The molecular formula is C20H18FN3O. The van der Waals surface area contributed by atoms with Crippen LogP contribution >= 0.6 is 0 Å². The van der Waals surface area contributed by atoms with E-state index >= 15 is 0 Å². The molecule has 0 radical (unpaired) electrons. The SMILES string of the molecule is Cc1cc(C)cc(NC(=O)c2cc(Nc3ccccc3F)ccn2)c1. The van der Waals surface area contributed by atoms with Gasteiger partial charge in [-0.05, 0) is 61.4 Å². The maximum absolute atomic E-state index is 13.7. The van der Waals surface area contributed by atoms with Crippen LogP contribution in [0.25, 0.3) is 0 Å². The molecule has 0 saturated carbocycles. The highest BCUT2D eigenvalue weighted by Crippen LogP contribution is 2.20. The Hall–Kier alpha value is -3.21. The second kappa shape index (κ2) is 7.13. The molecule has 2 aromatic carbocycles. The van der Waals surface area contributed by atoms with Crippen LogP contribution in [0.1, 0.15) is 21.6 Å². The number of pyridine rings is 1. The Bertz CT molecular complexity index is 904. The Morgan fingerprint density at radius 1 is 0.960 bits per heavy atom. The number of hydrogen-bond acceptors (Lipinski definition) is 3. The molecule has 126 valence electrons. The minimum Gasteiger partial charge on any atom is -0.353 e. The molecule has 1 aromatic heterocycles. The molecule has 3 rings (SSSR count). The van der Waals surface area contributed by atoms with Gasteiger partial charge in [-0.15, -0.1) is 0 Å². The fourth-order valence-electron chi connectivity index (χ4n) is 2.59. The van der Waals surface area contributed by atoms with Crippen molar-refractivity contribution in [2.24, 2.45) is 0 Å². The van der Waals surface area contributed by atoms with E-state index in [0.29, 0.717) is 11.4 Å². The van der Waals surface area contributed by atoms with Crippen LogP contribution in [-0.4, -0.2) is 10.9 Å². The van der Waals surface area contributed by atoms with Crippen LogP contribution in [0, 0.1) is 19.7 Å². The van der Waals surface area contributed by atoms with Crippen LogP contribution in [0.3, 0.4) is 0 Å². The molecule has 4 nitrogen and oxygen atoms in total. The first-order chi connectivity index (χ1) is 12.0. The van der Waals surface area contributed by atoms with Gasteiger partial charge in [-0.3, -0.25) is 9.78 Å². The summed E-state index contributed by atoms with van der Waals surface area (Å²) in [5.41, 5.74) is 4.04. The van der Waals surface area contributed by atoms with Crippen LogP contribution in [-0.2, 0) is 0 Å². The van der Waals surface area contributed by atoms with E-state index in [2.05, 4.69) is 15.6 Å². The number of nitrogens with zero attached hydrogens (tertiary/aromatic N) is 1. The van der Waals surface area contributed by atoms with Gasteiger partial charge in [-0.1, -0.05) is 18.2 Å². The number of carbonyl (C=O) groups excluding carboxylic acids is 1. The van der Waals surface area contributed by atoms with Crippen LogP contribution in [0.2, 0.25) is 0 Å². The first kappa shape index (κ1) is 16.6. The number of anilines is 3. The van der Waals surface area contributed by atoms with Crippen molar-refractivity contribution in [3.05, 3.63) is 83.4 Å². The van der Waals surface area contributed by atoms with E-state index in [9.17, 15) is 9.18 Å². The van der Waals surface area contributed by atoms with Crippen molar-refractivity contribution in [2.45, 2.75) is 13.8 Å². The largest absolute Gasteiger partial charge is 0.353 e. The Kier molecular flexibility index (Phi) is 4.75. The first-order valence-corrected chi connectivity index (χ1v) is 7.88. The van der Waals surface area contributed by atoms with Gasteiger partial charge in [0.25, 0.3) is 5.91 Å². The smallest absolute Gasteiger partial charge is 0.274 e.